The molecule has 0 unspecified atom stereocenters. The van der Waals surface area contributed by atoms with Crippen LogP contribution in [0.2, 0.25) is 0 Å². The Bertz CT molecular complexity index is 1070. The molecule has 4 rings (SSSR count). The van der Waals surface area contributed by atoms with E-state index in [1.165, 1.54) is 22.8 Å². The molecule has 0 spiro atoms. The van der Waals surface area contributed by atoms with Gasteiger partial charge in [0.05, 0.1) is 22.8 Å². The first-order chi connectivity index (χ1) is 11.2. The minimum atomic E-state index is -0.167. The number of hydrogen-bond acceptors (Lipinski definition) is 7. The Kier molecular flexibility index (Phi) is 3.27. The molecule has 0 saturated heterocycles. The average molecular weight is 325 g/mol. The van der Waals surface area contributed by atoms with Gasteiger partial charge in [0.25, 0.3) is 5.56 Å². The van der Waals surface area contributed by atoms with Gasteiger partial charge in [0, 0.05) is 7.05 Å². The number of benzene rings is 1. The lowest BCUT2D eigenvalue weighted by Crippen LogP contribution is -2.23. The summed E-state index contributed by atoms with van der Waals surface area (Å²) in [6.07, 6.45) is 3.20. The summed E-state index contributed by atoms with van der Waals surface area (Å²) in [6.45, 7) is 0. The first-order valence-corrected chi connectivity index (χ1v) is 7.80. The fourth-order valence-electron chi connectivity index (χ4n) is 2.29. The van der Waals surface area contributed by atoms with Crippen molar-refractivity contribution in [1.29, 1.82) is 0 Å². The van der Waals surface area contributed by atoms with E-state index in [-0.39, 0.29) is 5.56 Å². The van der Waals surface area contributed by atoms with E-state index in [0.717, 1.165) is 16.1 Å². The van der Waals surface area contributed by atoms with Crippen molar-refractivity contribution in [3.63, 3.8) is 0 Å². The lowest BCUT2D eigenvalue weighted by molar-refractivity contribution is 0.644. The summed E-state index contributed by atoms with van der Waals surface area (Å²) in [4.78, 5) is 20.9. The second-order valence-corrected chi connectivity index (χ2v) is 5.80. The molecule has 23 heavy (non-hydrogen) atoms. The van der Waals surface area contributed by atoms with Gasteiger partial charge in [-0.25, -0.2) is 9.97 Å². The van der Waals surface area contributed by atoms with Crippen LogP contribution in [0, 0.1) is 0 Å². The maximum Gasteiger partial charge on any atom is 0.278 e. The number of rotatable bonds is 3. The molecule has 8 nitrogen and oxygen atoms in total. The van der Waals surface area contributed by atoms with E-state index in [1.54, 1.807) is 23.0 Å². The molecule has 0 amide bonds. The zero-order valence-electron chi connectivity index (χ0n) is 12.1. The molecule has 9 heteroatoms. The Morgan fingerprint density at radius 2 is 2.04 bits per heavy atom. The molecule has 0 aliphatic carbocycles. The monoisotopic (exact) mass is 325 g/mol. The van der Waals surface area contributed by atoms with Gasteiger partial charge in [-0.15, -0.1) is 5.10 Å². The summed E-state index contributed by atoms with van der Waals surface area (Å²) < 4.78 is 3.01. The van der Waals surface area contributed by atoms with Gasteiger partial charge in [0.2, 0.25) is 0 Å². The van der Waals surface area contributed by atoms with Gasteiger partial charge in [0.15, 0.2) is 5.65 Å². The molecule has 0 aliphatic rings. The Balaban J connectivity index is 1.69. The molecule has 0 aliphatic heterocycles. The smallest absolute Gasteiger partial charge is 0.267 e. The third kappa shape index (κ3) is 2.34. The SMILES string of the molecule is Cn1ncc2c(SCn3nnc4ccccc4c3=O)ncnc21. The molecule has 3 aromatic heterocycles. The van der Waals surface area contributed by atoms with Crippen molar-refractivity contribution >= 4 is 33.7 Å². The van der Waals surface area contributed by atoms with Crippen LogP contribution in [0.4, 0.5) is 0 Å². The quantitative estimate of drug-likeness (QED) is 0.413. The van der Waals surface area contributed by atoms with Crippen LogP contribution in [0.5, 0.6) is 0 Å². The normalized spacial score (nSPS) is 11.3. The summed E-state index contributed by atoms with van der Waals surface area (Å²) in [5.41, 5.74) is 1.18. The molecule has 0 atom stereocenters. The second-order valence-electron chi connectivity index (χ2n) is 4.87. The van der Waals surface area contributed by atoms with Crippen molar-refractivity contribution in [3.8, 4) is 0 Å². The van der Waals surface area contributed by atoms with Crippen LogP contribution in [-0.4, -0.2) is 34.7 Å². The van der Waals surface area contributed by atoms with E-state index in [2.05, 4.69) is 25.4 Å². The maximum atomic E-state index is 12.4. The van der Waals surface area contributed by atoms with Gasteiger partial charge < -0.3 is 0 Å². The number of nitrogens with zero attached hydrogens (tertiary/aromatic N) is 7. The summed E-state index contributed by atoms with van der Waals surface area (Å²) in [7, 11) is 1.82. The van der Waals surface area contributed by atoms with Gasteiger partial charge in [0.1, 0.15) is 16.9 Å². The highest BCUT2D eigenvalue weighted by Gasteiger charge is 2.10. The summed E-state index contributed by atoms with van der Waals surface area (Å²) in [5.74, 6) is 0.317. The molecule has 1 aromatic carbocycles. The van der Waals surface area contributed by atoms with Gasteiger partial charge >= 0.3 is 0 Å². The molecule has 4 aromatic rings. The van der Waals surface area contributed by atoms with Crippen molar-refractivity contribution in [3.05, 3.63) is 47.1 Å². The Morgan fingerprint density at radius 1 is 1.17 bits per heavy atom. The van der Waals surface area contributed by atoms with Crippen LogP contribution in [0.1, 0.15) is 0 Å². The van der Waals surface area contributed by atoms with Crippen molar-refractivity contribution in [2.45, 2.75) is 10.9 Å². The van der Waals surface area contributed by atoms with Crippen LogP contribution in [0.3, 0.4) is 0 Å². The third-order valence-corrected chi connectivity index (χ3v) is 4.42. The Hall–Kier alpha value is -2.81. The van der Waals surface area contributed by atoms with Crippen LogP contribution in [0.25, 0.3) is 21.9 Å². The molecular weight excluding hydrogens is 314 g/mol. The zero-order chi connectivity index (χ0) is 15.8. The highest BCUT2D eigenvalue weighted by molar-refractivity contribution is 7.98. The van der Waals surface area contributed by atoms with Crippen LogP contribution in [-0.2, 0) is 12.9 Å². The van der Waals surface area contributed by atoms with Crippen molar-refractivity contribution in [2.24, 2.45) is 7.05 Å². The standard InChI is InChI=1S/C14H11N7OS/c1-20-12-10(6-17-20)13(16-7-15-12)23-8-21-14(22)9-4-2-3-5-11(9)18-19-21/h2-7H,8H2,1H3. The van der Waals surface area contributed by atoms with Gasteiger partial charge in [-0.2, -0.15) is 9.78 Å². The number of aryl methyl sites for hydroxylation is 1. The van der Waals surface area contributed by atoms with E-state index in [0.29, 0.717) is 16.8 Å². The van der Waals surface area contributed by atoms with Gasteiger partial charge in [-0.05, 0) is 12.1 Å². The average Bonchev–Trinajstić information content (AvgIpc) is 2.97. The fourth-order valence-corrected chi connectivity index (χ4v) is 3.12. The highest BCUT2D eigenvalue weighted by Crippen LogP contribution is 2.24. The fraction of sp³-hybridized carbons (Fsp3) is 0.143. The molecule has 0 fully saturated rings. The molecule has 0 saturated carbocycles. The molecule has 0 radical (unpaired) electrons. The van der Waals surface area contributed by atoms with E-state index >= 15 is 0 Å². The van der Waals surface area contributed by atoms with E-state index < -0.39 is 0 Å². The van der Waals surface area contributed by atoms with Crippen molar-refractivity contribution < 1.29 is 0 Å². The Labute approximate surface area is 134 Å². The highest BCUT2D eigenvalue weighted by atomic mass is 32.2. The minimum absolute atomic E-state index is 0.167. The van der Waals surface area contributed by atoms with Crippen molar-refractivity contribution in [1.82, 2.24) is 34.7 Å². The summed E-state index contributed by atoms with van der Waals surface area (Å²) in [5, 5.41) is 14.4. The van der Waals surface area contributed by atoms with Crippen LogP contribution in [0.15, 0.2) is 46.6 Å². The first kappa shape index (κ1) is 13.8. The van der Waals surface area contributed by atoms with E-state index in [9.17, 15) is 4.79 Å². The molecule has 3 heterocycles. The topological polar surface area (TPSA) is 91.4 Å². The van der Waals surface area contributed by atoms with Crippen molar-refractivity contribution in [2.75, 3.05) is 0 Å². The molecular formula is C14H11N7OS. The molecule has 0 N–H and O–H groups in total. The first-order valence-electron chi connectivity index (χ1n) is 6.82. The molecule has 0 bridgehead atoms. The predicted molar refractivity (Wildman–Crippen MR) is 86.0 cm³/mol. The lowest BCUT2D eigenvalue weighted by atomic mass is 10.2. The minimum Gasteiger partial charge on any atom is -0.267 e. The zero-order valence-corrected chi connectivity index (χ0v) is 12.9. The second kappa shape index (κ2) is 5.43. The summed E-state index contributed by atoms with van der Waals surface area (Å²) >= 11 is 1.40. The van der Waals surface area contributed by atoms with Gasteiger partial charge in [-0.3, -0.25) is 9.48 Å². The van der Waals surface area contributed by atoms with Crippen LogP contribution < -0.4 is 5.56 Å². The largest absolute Gasteiger partial charge is 0.278 e. The van der Waals surface area contributed by atoms with E-state index in [4.69, 9.17) is 0 Å². The van der Waals surface area contributed by atoms with E-state index in [1.807, 2.05) is 19.2 Å². The molecule has 114 valence electrons. The number of thioether (sulfide) groups is 1. The van der Waals surface area contributed by atoms with Gasteiger partial charge in [-0.1, -0.05) is 29.1 Å². The third-order valence-electron chi connectivity index (χ3n) is 3.45. The Morgan fingerprint density at radius 3 is 2.96 bits per heavy atom. The lowest BCUT2D eigenvalue weighted by Gasteiger charge is -2.05. The number of hydrogen-bond donors (Lipinski definition) is 0. The maximum absolute atomic E-state index is 12.4. The number of aromatic nitrogens is 7. The number of fused-ring (bicyclic) bond motifs is 2. The predicted octanol–water partition coefficient (Wildman–Crippen LogP) is 1.22. The van der Waals surface area contributed by atoms with Crippen LogP contribution >= 0.6 is 11.8 Å². The summed E-state index contributed by atoms with van der Waals surface area (Å²) in [6, 6.07) is 7.16.